The minimum absolute atomic E-state index is 0. The fourth-order valence-electron chi connectivity index (χ4n) is 2.76. The lowest BCUT2D eigenvalue weighted by Crippen LogP contribution is -2.43. The van der Waals surface area contributed by atoms with Crippen LogP contribution in [0, 0.1) is 0 Å². The first-order valence-electron chi connectivity index (χ1n) is 8.02. The Hall–Kier alpha value is -1.37. The fourth-order valence-corrected chi connectivity index (χ4v) is 3.09. The number of hydrogen-bond donors (Lipinski definition) is 2. The third kappa shape index (κ3) is 5.33. The van der Waals surface area contributed by atoms with Gasteiger partial charge in [-0.3, -0.25) is 9.48 Å². The first-order chi connectivity index (χ1) is 11.2. The second-order valence-electron chi connectivity index (χ2n) is 5.86. The zero-order valence-corrected chi connectivity index (χ0v) is 15.8. The molecule has 1 saturated heterocycles. The van der Waals surface area contributed by atoms with Crippen LogP contribution in [0.3, 0.4) is 0 Å². The standard InChI is InChI=1S/C17H21BrN4O.ClH/c18-14-11-20-22(12-14)10-8-13-4-6-15(7-5-13)21-17(23)16-3-1-2-9-19-16;/h4-7,11-12,16,19H,1-3,8-10H2,(H,21,23);1H. The van der Waals surface area contributed by atoms with E-state index in [-0.39, 0.29) is 24.4 Å². The minimum Gasteiger partial charge on any atom is -0.325 e. The second-order valence-corrected chi connectivity index (χ2v) is 6.78. The van der Waals surface area contributed by atoms with E-state index in [1.165, 1.54) is 5.56 Å². The highest BCUT2D eigenvalue weighted by Crippen LogP contribution is 2.14. The first-order valence-corrected chi connectivity index (χ1v) is 8.81. The summed E-state index contributed by atoms with van der Waals surface area (Å²) in [5.74, 6) is 0.0684. The van der Waals surface area contributed by atoms with E-state index in [2.05, 4.69) is 43.8 Å². The molecule has 2 aromatic rings. The molecular formula is C17H22BrClN4O. The van der Waals surface area contributed by atoms with Crippen molar-refractivity contribution in [1.82, 2.24) is 15.1 Å². The van der Waals surface area contributed by atoms with Crippen molar-refractivity contribution in [3.05, 3.63) is 46.7 Å². The van der Waals surface area contributed by atoms with E-state index in [0.717, 1.165) is 48.9 Å². The van der Waals surface area contributed by atoms with Crippen molar-refractivity contribution >= 4 is 39.9 Å². The molecule has 1 aliphatic heterocycles. The normalized spacial score (nSPS) is 17.1. The van der Waals surface area contributed by atoms with Gasteiger partial charge in [-0.1, -0.05) is 18.6 Å². The van der Waals surface area contributed by atoms with Crippen LogP contribution in [0.25, 0.3) is 0 Å². The second kappa shape index (κ2) is 9.20. The Labute approximate surface area is 156 Å². The van der Waals surface area contributed by atoms with Gasteiger partial charge in [-0.15, -0.1) is 12.4 Å². The van der Waals surface area contributed by atoms with Gasteiger partial charge in [0, 0.05) is 18.4 Å². The van der Waals surface area contributed by atoms with Crippen LogP contribution < -0.4 is 10.6 Å². The van der Waals surface area contributed by atoms with Crippen LogP contribution in [-0.2, 0) is 17.8 Å². The maximum Gasteiger partial charge on any atom is 0.241 e. The van der Waals surface area contributed by atoms with E-state index in [4.69, 9.17) is 0 Å². The summed E-state index contributed by atoms with van der Waals surface area (Å²) in [4.78, 5) is 12.2. The fraction of sp³-hybridized carbons (Fsp3) is 0.412. The Balaban J connectivity index is 0.00000208. The lowest BCUT2D eigenvalue weighted by molar-refractivity contribution is -0.118. The summed E-state index contributed by atoms with van der Waals surface area (Å²) in [6.45, 7) is 1.77. The number of halogens is 2. The van der Waals surface area contributed by atoms with Crippen LogP contribution in [0.5, 0.6) is 0 Å². The number of piperidine rings is 1. The quantitative estimate of drug-likeness (QED) is 0.790. The summed E-state index contributed by atoms with van der Waals surface area (Å²) in [6, 6.07) is 8.00. The predicted molar refractivity (Wildman–Crippen MR) is 102 cm³/mol. The number of benzene rings is 1. The van der Waals surface area contributed by atoms with Gasteiger partial charge >= 0.3 is 0 Å². The molecule has 0 aliphatic carbocycles. The molecule has 0 spiro atoms. The molecule has 2 heterocycles. The summed E-state index contributed by atoms with van der Waals surface area (Å²) in [5, 5.41) is 10.5. The molecule has 1 amide bonds. The molecule has 0 bridgehead atoms. The highest BCUT2D eigenvalue weighted by atomic mass is 79.9. The molecule has 130 valence electrons. The lowest BCUT2D eigenvalue weighted by atomic mass is 10.0. The molecule has 2 N–H and O–H groups in total. The molecule has 0 saturated carbocycles. The summed E-state index contributed by atoms with van der Waals surface area (Å²) in [6.07, 6.45) is 7.86. The smallest absolute Gasteiger partial charge is 0.241 e. The number of hydrogen-bond acceptors (Lipinski definition) is 3. The van der Waals surface area contributed by atoms with Crippen molar-refractivity contribution < 1.29 is 4.79 Å². The maximum absolute atomic E-state index is 12.2. The number of aromatic nitrogens is 2. The van der Waals surface area contributed by atoms with Crippen LogP contribution in [0.1, 0.15) is 24.8 Å². The van der Waals surface area contributed by atoms with Gasteiger partial charge in [-0.25, -0.2) is 0 Å². The SMILES string of the molecule is Cl.O=C(Nc1ccc(CCn2cc(Br)cn2)cc1)C1CCCCN1. The molecule has 1 unspecified atom stereocenters. The summed E-state index contributed by atoms with van der Waals surface area (Å²) in [5.41, 5.74) is 2.08. The molecular weight excluding hydrogens is 392 g/mol. The third-order valence-corrected chi connectivity index (χ3v) is 4.49. The number of nitrogens with zero attached hydrogens (tertiary/aromatic N) is 2. The summed E-state index contributed by atoms with van der Waals surface area (Å²) in [7, 11) is 0. The van der Waals surface area contributed by atoms with Gasteiger partial charge in [-0.05, 0) is 59.4 Å². The Morgan fingerprint density at radius 3 is 2.75 bits per heavy atom. The number of amides is 1. The molecule has 5 nitrogen and oxygen atoms in total. The van der Waals surface area contributed by atoms with Crippen molar-refractivity contribution in [2.24, 2.45) is 0 Å². The topological polar surface area (TPSA) is 59.0 Å². The lowest BCUT2D eigenvalue weighted by Gasteiger charge is -2.22. The van der Waals surface area contributed by atoms with Crippen molar-refractivity contribution in [2.45, 2.75) is 38.3 Å². The van der Waals surface area contributed by atoms with Crippen LogP contribution in [0.4, 0.5) is 5.69 Å². The number of anilines is 1. The van der Waals surface area contributed by atoms with E-state index >= 15 is 0 Å². The van der Waals surface area contributed by atoms with Gasteiger partial charge in [0.05, 0.1) is 16.7 Å². The average molecular weight is 414 g/mol. The van der Waals surface area contributed by atoms with Crippen molar-refractivity contribution in [2.75, 3.05) is 11.9 Å². The zero-order chi connectivity index (χ0) is 16.1. The summed E-state index contributed by atoms with van der Waals surface area (Å²) < 4.78 is 2.90. The first kappa shape index (κ1) is 19.0. The molecule has 3 rings (SSSR count). The van der Waals surface area contributed by atoms with E-state index < -0.39 is 0 Å². The number of rotatable bonds is 5. The van der Waals surface area contributed by atoms with Crippen LogP contribution in [0.15, 0.2) is 41.1 Å². The monoisotopic (exact) mass is 412 g/mol. The van der Waals surface area contributed by atoms with Crippen LogP contribution in [0.2, 0.25) is 0 Å². The molecule has 1 fully saturated rings. The minimum atomic E-state index is -0.0540. The van der Waals surface area contributed by atoms with Crippen LogP contribution >= 0.6 is 28.3 Å². The van der Waals surface area contributed by atoms with Gasteiger partial charge in [0.15, 0.2) is 0 Å². The average Bonchev–Trinajstić information content (AvgIpc) is 3.00. The van der Waals surface area contributed by atoms with Crippen molar-refractivity contribution in [3.8, 4) is 0 Å². The van der Waals surface area contributed by atoms with E-state index in [1.54, 1.807) is 6.20 Å². The molecule has 1 atom stereocenters. The molecule has 24 heavy (non-hydrogen) atoms. The molecule has 1 aromatic carbocycles. The maximum atomic E-state index is 12.2. The molecule has 1 aliphatic rings. The zero-order valence-electron chi connectivity index (χ0n) is 13.4. The largest absolute Gasteiger partial charge is 0.325 e. The number of aryl methyl sites for hydroxylation is 2. The molecule has 1 aromatic heterocycles. The van der Waals surface area contributed by atoms with E-state index in [1.807, 2.05) is 23.0 Å². The van der Waals surface area contributed by atoms with Crippen LogP contribution in [-0.4, -0.2) is 28.3 Å². The molecule has 0 radical (unpaired) electrons. The van der Waals surface area contributed by atoms with Crippen molar-refractivity contribution in [3.63, 3.8) is 0 Å². The van der Waals surface area contributed by atoms with Crippen molar-refractivity contribution in [1.29, 1.82) is 0 Å². The Morgan fingerprint density at radius 2 is 2.12 bits per heavy atom. The Kier molecular flexibility index (Phi) is 7.27. The van der Waals surface area contributed by atoms with Gasteiger partial charge in [0.2, 0.25) is 5.91 Å². The third-order valence-electron chi connectivity index (χ3n) is 4.08. The molecule has 7 heteroatoms. The van der Waals surface area contributed by atoms with Gasteiger partial charge < -0.3 is 10.6 Å². The number of nitrogens with one attached hydrogen (secondary N) is 2. The van der Waals surface area contributed by atoms with Gasteiger partial charge in [0.25, 0.3) is 0 Å². The van der Waals surface area contributed by atoms with E-state index in [9.17, 15) is 4.79 Å². The Morgan fingerprint density at radius 1 is 1.33 bits per heavy atom. The summed E-state index contributed by atoms with van der Waals surface area (Å²) >= 11 is 3.39. The van der Waals surface area contributed by atoms with E-state index in [0.29, 0.717) is 0 Å². The highest BCUT2D eigenvalue weighted by Gasteiger charge is 2.20. The Bertz CT molecular complexity index is 653. The number of carbonyl (C=O) groups is 1. The predicted octanol–water partition coefficient (Wildman–Crippen LogP) is 3.39. The van der Waals surface area contributed by atoms with Gasteiger partial charge in [-0.2, -0.15) is 5.10 Å². The van der Waals surface area contributed by atoms with Gasteiger partial charge in [0.1, 0.15) is 0 Å². The highest BCUT2D eigenvalue weighted by molar-refractivity contribution is 9.10. The number of carbonyl (C=O) groups excluding carboxylic acids is 1.